The van der Waals surface area contributed by atoms with Crippen LogP contribution in [0, 0.1) is 0 Å². The number of nitrogens with one attached hydrogen (secondary N) is 1. The van der Waals surface area contributed by atoms with Crippen molar-refractivity contribution in [2.24, 2.45) is 11.5 Å². The van der Waals surface area contributed by atoms with Gasteiger partial charge in [-0.25, -0.2) is 9.97 Å². The highest BCUT2D eigenvalue weighted by Gasteiger charge is 2.15. The van der Waals surface area contributed by atoms with Crippen LogP contribution in [0.5, 0.6) is 0 Å². The number of amides is 1. The highest BCUT2D eigenvalue weighted by molar-refractivity contribution is 6.31. The van der Waals surface area contributed by atoms with Crippen molar-refractivity contribution in [1.29, 1.82) is 0 Å². The molecule has 0 aliphatic heterocycles. The number of benzene rings is 2. The van der Waals surface area contributed by atoms with E-state index in [2.05, 4.69) is 21.9 Å². The van der Waals surface area contributed by atoms with Crippen LogP contribution < -0.4 is 22.5 Å². The summed E-state index contributed by atoms with van der Waals surface area (Å²) in [5.41, 5.74) is 20.2. The van der Waals surface area contributed by atoms with E-state index in [1.54, 1.807) is 36.4 Å². The minimum Gasteiger partial charge on any atom is -0.402 e. The smallest absolute Gasteiger partial charge is 0.241 e. The Hall–Kier alpha value is -3.16. The van der Waals surface area contributed by atoms with E-state index in [0.717, 1.165) is 10.9 Å². The van der Waals surface area contributed by atoms with Gasteiger partial charge in [0.15, 0.2) is 0 Å². The Morgan fingerprint density at radius 3 is 2.74 bits per heavy atom. The Morgan fingerprint density at radius 2 is 2.00 bits per heavy atom. The monoisotopic (exact) mass is 382 g/mol. The third-order valence-electron chi connectivity index (χ3n) is 3.90. The first-order valence-electron chi connectivity index (χ1n) is 8.16. The van der Waals surface area contributed by atoms with Crippen LogP contribution >= 0.6 is 11.6 Å². The largest absolute Gasteiger partial charge is 0.402 e. The molecule has 0 aliphatic carbocycles. The first-order chi connectivity index (χ1) is 12.8. The molecule has 0 unspecified atom stereocenters. The van der Waals surface area contributed by atoms with E-state index in [1.807, 2.05) is 6.07 Å². The van der Waals surface area contributed by atoms with Gasteiger partial charge in [-0.05, 0) is 30.3 Å². The molecular formula is C19H19ClN6O. The zero-order chi connectivity index (χ0) is 19.6. The van der Waals surface area contributed by atoms with Crippen molar-refractivity contribution in [1.82, 2.24) is 9.97 Å². The molecule has 1 aromatic heterocycles. The highest BCUT2D eigenvalue weighted by atomic mass is 35.5. The van der Waals surface area contributed by atoms with Gasteiger partial charge in [-0.15, -0.1) is 0 Å². The fourth-order valence-electron chi connectivity index (χ4n) is 2.69. The summed E-state index contributed by atoms with van der Waals surface area (Å²) in [7, 11) is 0. The normalized spacial score (nSPS) is 11.9. The molecule has 1 heterocycles. The van der Waals surface area contributed by atoms with Gasteiger partial charge in [0.1, 0.15) is 0 Å². The molecule has 138 valence electrons. The Bertz CT molecular complexity index is 1040. The molecule has 0 bridgehead atoms. The number of nitrogens with zero attached hydrogens (tertiary/aromatic N) is 2. The highest BCUT2D eigenvalue weighted by Crippen LogP contribution is 2.30. The van der Waals surface area contributed by atoms with Gasteiger partial charge in [0.25, 0.3) is 0 Å². The van der Waals surface area contributed by atoms with Crippen LogP contribution in [0.4, 0.5) is 11.6 Å². The number of nitrogens with two attached hydrogens (primary N) is 3. The molecule has 0 fully saturated rings. The van der Waals surface area contributed by atoms with E-state index in [-0.39, 0.29) is 18.3 Å². The maximum atomic E-state index is 12.2. The van der Waals surface area contributed by atoms with Gasteiger partial charge in [-0.3, -0.25) is 4.79 Å². The van der Waals surface area contributed by atoms with Crippen molar-refractivity contribution in [3.63, 3.8) is 0 Å². The van der Waals surface area contributed by atoms with Gasteiger partial charge in [0.2, 0.25) is 11.9 Å². The van der Waals surface area contributed by atoms with Crippen molar-refractivity contribution >= 4 is 40.0 Å². The number of carbonyl (C=O) groups excluding carboxylic acids is 1. The molecule has 0 radical (unpaired) electrons. The molecule has 1 atom stereocenters. The Kier molecular flexibility index (Phi) is 5.25. The van der Waals surface area contributed by atoms with Crippen molar-refractivity contribution in [3.05, 3.63) is 59.8 Å². The van der Waals surface area contributed by atoms with Crippen LogP contribution in [-0.4, -0.2) is 21.9 Å². The van der Waals surface area contributed by atoms with Crippen molar-refractivity contribution in [3.8, 4) is 11.3 Å². The van der Waals surface area contributed by atoms with Crippen LogP contribution in [-0.2, 0) is 4.79 Å². The Morgan fingerprint density at radius 1 is 1.22 bits per heavy atom. The maximum absolute atomic E-state index is 12.2. The molecule has 0 spiro atoms. The van der Waals surface area contributed by atoms with Gasteiger partial charge < -0.3 is 22.5 Å². The number of nitrogen functional groups attached to an aromatic ring is 1. The first-order valence-corrected chi connectivity index (χ1v) is 8.54. The number of halogens is 1. The van der Waals surface area contributed by atoms with Crippen LogP contribution in [0.25, 0.3) is 22.2 Å². The predicted octanol–water partition coefficient (Wildman–Crippen LogP) is 2.66. The van der Waals surface area contributed by atoms with E-state index in [1.165, 1.54) is 0 Å². The second-order valence-corrected chi connectivity index (χ2v) is 6.57. The minimum atomic E-state index is -0.777. The standard InChI is InChI=1S/C19H19ClN6O/c1-10(21)7-15(22)18(27)24-13-4-2-3-11(8-13)17-14-9-12(20)5-6-16(14)25-19(23)26-17/h2-6,8-9,15H,1,7,21-22H2,(H,24,27)(H2,23,25,26)/t15-/m0/s1. The lowest BCUT2D eigenvalue weighted by molar-refractivity contribution is -0.117. The molecule has 3 rings (SSSR count). The maximum Gasteiger partial charge on any atom is 0.241 e. The van der Waals surface area contributed by atoms with E-state index < -0.39 is 6.04 Å². The quantitative estimate of drug-likeness (QED) is 0.536. The molecule has 7 N–H and O–H groups in total. The zero-order valence-electron chi connectivity index (χ0n) is 14.4. The van der Waals surface area contributed by atoms with Gasteiger partial charge in [-0.2, -0.15) is 0 Å². The molecule has 1 amide bonds. The predicted molar refractivity (Wildman–Crippen MR) is 109 cm³/mol. The van der Waals surface area contributed by atoms with E-state index in [4.69, 9.17) is 28.8 Å². The minimum absolute atomic E-state index is 0.151. The number of hydrogen-bond acceptors (Lipinski definition) is 6. The fourth-order valence-corrected chi connectivity index (χ4v) is 2.87. The Balaban J connectivity index is 1.97. The summed E-state index contributed by atoms with van der Waals surface area (Å²) < 4.78 is 0. The molecule has 2 aromatic carbocycles. The summed E-state index contributed by atoms with van der Waals surface area (Å²) in [6, 6.07) is 11.7. The number of hydrogen-bond donors (Lipinski definition) is 4. The average Bonchev–Trinajstić information content (AvgIpc) is 2.61. The number of carbonyl (C=O) groups is 1. The molecule has 0 saturated carbocycles. The van der Waals surface area contributed by atoms with E-state index in [9.17, 15) is 4.79 Å². The SMILES string of the molecule is C=C(N)C[C@H](N)C(=O)Nc1cccc(-c2nc(N)nc3ccc(Cl)cc23)c1. The lowest BCUT2D eigenvalue weighted by atomic mass is 10.1. The van der Waals surface area contributed by atoms with Crippen molar-refractivity contribution in [2.75, 3.05) is 11.1 Å². The molecule has 3 aromatic rings. The third-order valence-corrected chi connectivity index (χ3v) is 4.13. The summed E-state index contributed by atoms with van der Waals surface area (Å²) in [6.07, 6.45) is 0.205. The van der Waals surface area contributed by atoms with Crippen LogP contribution in [0.2, 0.25) is 5.02 Å². The molecule has 8 heteroatoms. The molecule has 0 aliphatic rings. The van der Waals surface area contributed by atoms with Gasteiger partial charge in [0, 0.05) is 33.8 Å². The van der Waals surface area contributed by atoms with Crippen molar-refractivity contribution in [2.45, 2.75) is 12.5 Å². The number of aromatic nitrogens is 2. The second kappa shape index (κ2) is 7.61. The van der Waals surface area contributed by atoms with E-state index in [0.29, 0.717) is 27.6 Å². The average molecular weight is 383 g/mol. The molecule has 7 nitrogen and oxygen atoms in total. The molecule has 0 saturated heterocycles. The number of anilines is 2. The molecular weight excluding hydrogens is 364 g/mol. The van der Waals surface area contributed by atoms with Crippen LogP contribution in [0.3, 0.4) is 0 Å². The zero-order valence-corrected chi connectivity index (χ0v) is 15.2. The fraction of sp³-hybridized carbons (Fsp3) is 0.105. The summed E-state index contributed by atoms with van der Waals surface area (Å²) in [4.78, 5) is 20.8. The lowest BCUT2D eigenvalue weighted by Gasteiger charge is -2.13. The van der Waals surface area contributed by atoms with Crippen molar-refractivity contribution < 1.29 is 4.79 Å². The third kappa shape index (κ3) is 4.33. The van der Waals surface area contributed by atoms with Gasteiger partial charge >= 0.3 is 0 Å². The van der Waals surface area contributed by atoms with E-state index >= 15 is 0 Å². The van der Waals surface area contributed by atoms with Crippen LogP contribution in [0.1, 0.15) is 6.42 Å². The summed E-state index contributed by atoms with van der Waals surface area (Å²) in [5.74, 6) is -0.202. The summed E-state index contributed by atoms with van der Waals surface area (Å²) in [5, 5.41) is 4.09. The lowest BCUT2D eigenvalue weighted by Crippen LogP contribution is -2.36. The summed E-state index contributed by atoms with van der Waals surface area (Å²) in [6.45, 7) is 3.56. The van der Waals surface area contributed by atoms with Gasteiger partial charge in [0.05, 0.1) is 17.3 Å². The second-order valence-electron chi connectivity index (χ2n) is 6.13. The first kappa shape index (κ1) is 18.6. The van der Waals surface area contributed by atoms with Crippen LogP contribution in [0.15, 0.2) is 54.7 Å². The topological polar surface area (TPSA) is 133 Å². The van der Waals surface area contributed by atoms with Gasteiger partial charge in [-0.1, -0.05) is 30.3 Å². The number of rotatable bonds is 5. The summed E-state index contributed by atoms with van der Waals surface area (Å²) >= 11 is 6.12. The number of fused-ring (bicyclic) bond motifs is 1. The Labute approximate surface area is 161 Å². The molecule has 27 heavy (non-hydrogen) atoms.